The van der Waals surface area contributed by atoms with Gasteiger partial charge in [0.2, 0.25) is 0 Å². The van der Waals surface area contributed by atoms with Crippen LogP contribution in [0.15, 0.2) is 59.1 Å². The Bertz CT molecular complexity index is 800. The van der Waals surface area contributed by atoms with Gasteiger partial charge in [-0.15, -0.1) is 0 Å². The first-order valence-electron chi connectivity index (χ1n) is 6.04. The highest BCUT2D eigenvalue weighted by Crippen LogP contribution is 2.26. The van der Waals surface area contributed by atoms with Crippen LogP contribution < -0.4 is 0 Å². The van der Waals surface area contributed by atoms with Crippen molar-refractivity contribution in [2.24, 2.45) is 0 Å². The number of benzene rings is 2. The average Bonchev–Trinajstić information content (AvgIpc) is 2.46. The molecule has 0 fully saturated rings. The van der Waals surface area contributed by atoms with Crippen molar-refractivity contribution >= 4 is 32.8 Å². The molecule has 0 aliphatic heterocycles. The number of fused-ring (bicyclic) bond motifs is 1. The number of rotatable bonds is 2. The second kappa shape index (κ2) is 5.06. The molecular weight excluding hydrogens is 318 g/mol. The molecule has 3 nitrogen and oxygen atoms in total. The largest absolute Gasteiger partial charge is 0.478 e. The van der Waals surface area contributed by atoms with Crippen molar-refractivity contribution in [1.29, 1.82) is 0 Å². The molecular formula is C16H10BrNO2. The Morgan fingerprint density at radius 2 is 1.80 bits per heavy atom. The summed E-state index contributed by atoms with van der Waals surface area (Å²) < 4.78 is 0.874. The summed E-state index contributed by atoms with van der Waals surface area (Å²) in [6.07, 6.45) is 0. The van der Waals surface area contributed by atoms with Gasteiger partial charge in [0, 0.05) is 15.4 Å². The van der Waals surface area contributed by atoms with E-state index in [-0.39, 0.29) is 5.56 Å². The number of hydrogen-bond donors (Lipinski definition) is 1. The molecule has 98 valence electrons. The van der Waals surface area contributed by atoms with Gasteiger partial charge in [-0.05, 0) is 18.2 Å². The zero-order valence-corrected chi connectivity index (χ0v) is 12.0. The summed E-state index contributed by atoms with van der Waals surface area (Å²) in [7, 11) is 0. The molecule has 0 bridgehead atoms. The van der Waals surface area contributed by atoms with Crippen LogP contribution in [0.2, 0.25) is 0 Å². The first kappa shape index (κ1) is 12.8. The summed E-state index contributed by atoms with van der Waals surface area (Å²) in [6, 6.07) is 16.6. The monoisotopic (exact) mass is 327 g/mol. The maximum absolute atomic E-state index is 11.4. The van der Waals surface area contributed by atoms with Crippen molar-refractivity contribution in [1.82, 2.24) is 4.98 Å². The van der Waals surface area contributed by atoms with Crippen LogP contribution in [0.1, 0.15) is 10.4 Å². The molecule has 0 unspecified atom stereocenters. The molecule has 0 saturated carbocycles. The molecule has 3 aromatic rings. The smallest absolute Gasteiger partial charge is 0.336 e. The molecule has 0 radical (unpaired) electrons. The first-order chi connectivity index (χ1) is 9.65. The van der Waals surface area contributed by atoms with Crippen molar-refractivity contribution in [2.75, 3.05) is 0 Å². The van der Waals surface area contributed by atoms with Crippen molar-refractivity contribution in [2.45, 2.75) is 0 Å². The zero-order valence-electron chi connectivity index (χ0n) is 10.4. The van der Waals surface area contributed by atoms with Crippen LogP contribution in [0.3, 0.4) is 0 Å². The summed E-state index contributed by atoms with van der Waals surface area (Å²) in [5.41, 5.74) is 2.49. The Hall–Kier alpha value is -2.20. The molecule has 0 aliphatic carbocycles. The van der Waals surface area contributed by atoms with Gasteiger partial charge in [-0.2, -0.15) is 0 Å². The lowest BCUT2D eigenvalue weighted by molar-refractivity contribution is 0.0699. The second-order valence-corrected chi connectivity index (χ2v) is 5.30. The molecule has 1 N–H and O–H groups in total. The molecule has 20 heavy (non-hydrogen) atoms. The quantitative estimate of drug-likeness (QED) is 0.760. The number of carbonyl (C=O) groups is 1. The minimum Gasteiger partial charge on any atom is -0.478 e. The van der Waals surface area contributed by atoms with Crippen LogP contribution in [0, 0.1) is 0 Å². The van der Waals surface area contributed by atoms with E-state index < -0.39 is 5.97 Å². The van der Waals surface area contributed by atoms with Gasteiger partial charge >= 0.3 is 5.97 Å². The number of carboxylic acids is 1. The van der Waals surface area contributed by atoms with Gasteiger partial charge in [0.25, 0.3) is 0 Å². The highest BCUT2D eigenvalue weighted by Gasteiger charge is 2.12. The molecule has 3 rings (SSSR count). The van der Waals surface area contributed by atoms with E-state index in [9.17, 15) is 9.90 Å². The summed E-state index contributed by atoms with van der Waals surface area (Å²) in [4.78, 5) is 16.0. The minimum absolute atomic E-state index is 0.265. The third-order valence-corrected chi connectivity index (χ3v) is 3.57. The molecule has 1 aromatic heterocycles. The van der Waals surface area contributed by atoms with Crippen LogP contribution in [0.5, 0.6) is 0 Å². The van der Waals surface area contributed by atoms with Gasteiger partial charge < -0.3 is 5.11 Å². The van der Waals surface area contributed by atoms with Crippen LogP contribution in [-0.2, 0) is 0 Å². The third-order valence-electron chi connectivity index (χ3n) is 3.07. The van der Waals surface area contributed by atoms with E-state index in [0.717, 1.165) is 10.0 Å². The Labute approximate surface area is 124 Å². The zero-order chi connectivity index (χ0) is 14.1. The maximum atomic E-state index is 11.4. The molecule has 4 heteroatoms. The van der Waals surface area contributed by atoms with Crippen LogP contribution in [0.25, 0.3) is 22.2 Å². The van der Waals surface area contributed by atoms with Gasteiger partial charge in [0.05, 0.1) is 16.8 Å². The Morgan fingerprint density at radius 3 is 2.50 bits per heavy atom. The minimum atomic E-state index is -0.947. The fourth-order valence-corrected chi connectivity index (χ4v) is 2.48. The van der Waals surface area contributed by atoms with Crippen molar-refractivity contribution in [3.05, 3.63) is 64.6 Å². The average molecular weight is 328 g/mol. The van der Waals surface area contributed by atoms with Crippen molar-refractivity contribution < 1.29 is 9.90 Å². The van der Waals surface area contributed by atoms with Gasteiger partial charge in [0.15, 0.2) is 0 Å². The Kier molecular flexibility index (Phi) is 3.24. The molecule has 2 aromatic carbocycles. The van der Waals surface area contributed by atoms with Crippen LogP contribution in [-0.4, -0.2) is 16.1 Å². The SMILES string of the molecule is O=C(O)c1cc(-c2ccccc2)nc2cc(Br)ccc12. The van der Waals surface area contributed by atoms with E-state index in [4.69, 9.17) is 0 Å². The van der Waals surface area contributed by atoms with E-state index in [1.807, 2.05) is 42.5 Å². The number of aromatic carboxylic acids is 1. The van der Waals surface area contributed by atoms with Gasteiger partial charge in [-0.3, -0.25) is 0 Å². The number of halogens is 1. The Morgan fingerprint density at radius 1 is 1.05 bits per heavy atom. The molecule has 0 saturated heterocycles. The maximum Gasteiger partial charge on any atom is 0.336 e. The van der Waals surface area contributed by atoms with Crippen LogP contribution >= 0.6 is 15.9 Å². The van der Waals surface area contributed by atoms with E-state index in [2.05, 4.69) is 20.9 Å². The summed E-state index contributed by atoms with van der Waals surface area (Å²) in [5.74, 6) is -0.947. The van der Waals surface area contributed by atoms with Gasteiger partial charge in [-0.1, -0.05) is 52.3 Å². The number of carboxylic acid groups (broad SMARTS) is 1. The summed E-state index contributed by atoms with van der Waals surface area (Å²) in [6.45, 7) is 0. The number of aromatic nitrogens is 1. The van der Waals surface area contributed by atoms with E-state index >= 15 is 0 Å². The van der Waals surface area contributed by atoms with Gasteiger partial charge in [0.1, 0.15) is 0 Å². The first-order valence-corrected chi connectivity index (χ1v) is 6.83. The molecule has 1 heterocycles. The topological polar surface area (TPSA) is 50.2 Å². The predicted molar refractivity (Wildman–Crippen MR) is 81.8 cm³/mol. The standard InChI is InChI=1S/C16H10BrNO2/c17-11-6-7-12-13(16(19)20)9-14(18-15(12)8-11)10-4-2-1-3-5-10/h1-9H,(H,19,20). The lowest BCUT2D eigenvalue weighted by Gasteiger charge is -2.07. The highest BCUT2D eigenvalue weighted by molar-refractivity contribution is 9.10. The molecule has 0 aliphatic rings. The lowest BCUT2D eigenvalue weighted by Crippen LogP contribution is -2.00. The fraction of sp³-hybridized carbons (Fsp3) is 0. The molecule has 0 amide bonds. The molecule has 0 atom stereocenters. The molecule has 0 spiro atoms. The van der Waals surface area contributed by atoms with Crippen molar-refractivity contribution in [3.63, 3.8) is 0 Å². The number of pyridine rings is 1. The number of hydrogen-bond acceptors (Lipinski definition) is 2. The van der Waals surface area contributed by atoms with Gasteiger partial charge in [-0.25, -0.2) is 9.78 Å². The van der Waals surface area contributed by atoms with E-state index in [1.165, 1.54) is 0 Å². The number of nitrogens with zero attached hydrogens (tertiary/aromatic N) is 1. The van der Waals surface area contributed by atoms with Crippen LogP contribution in [0.4, 0.5) is 0 Å². The summed E-state index contributed by atoms with van der Waals surface area (Å²) in [5, 5.41) is 10.0. The normalized spacial score (nSPS) is 10.7. The summed E-state index contributed by atoms with van der Waals surface area (Å²) >= 11 is 3.39. The highest BCUT2D eigenvalue weighted by atomic mass is 79.9. The fourth-order valence-electron chi connectivity index (χ4n) is 2.14. The van der Waals surface area contributed by atoms with Crippen molar-refractivity contribution in [3.8, 4) is 11.3 Å². The predicted octanol–water partition coefficient (Wildman–Crippen LogP) is 4.36. The third kappa shape index (κ3) is 2.30. The lowest BCUT2D eigenvalue weighted by atomic mass is 10.0. The van der Waals surface area contributed by atoms with E-state index in [1.54, 1.807) is 12.1 Å². The second-order valence-electron chi connectivity index (χ2n) is 4.39. The van der Waals surface area contributed by atoms with E-state index in [0.29, 0.717) is 16.6 Å². The Balaban J connectivity index is 2.32.